The summed E-state index contributed by atoms with van der Waals surface area (Å²) in [5.41, 5.74) is 0.000176. The standard InChI is InChI=1S/C28H25ClF2O6S/c29-19-5-8-21(9-6-19)38(35,36)28(23-16-20(30)7-10-24(23)31)13-11-18(12-14-28)15-25(32)22-3-1-2-4-26(22)37-17-27(33)34/h1-10,16,18H,11-15,17H2,(H,33,34). The number of ketones is 1. The lowest BCUT2D eigenvalue weighted by atomic mass is 9.75. The van der Waals surface area contributed by atoms with Gasteiger partial charge in [-0.15, -0.1) is 0 Å². The van der Waals surface area contributed by atoms with Crippen molar-refractivity contribution in [1.82, 2.24) is 0 Å². The van der Waals surface area contributed by atoms with Crippen molar-refractivity contribution in [3.05, 3.63) is 94.5 Å². The largest absolute Gasteiger partial charge is 0.481 e. The van der Waals surface area contributed by atoms with E-state index in [0.29, 0.717) is 5.02 Å². The second-order valence-corrected chi connectivity index (χ2v) is 12.0. The van der Waals surface area contributed by atoms with Gasteiger partial charge in [0.05, 0.1) is 10.5 Å². The van der Waals surface area contributed by atoms with Crippen molar-refractivity contribution in [3.63, 3.8) is 0 Å². The molecule has 0 amide bonds. The predicted molar refractivity (Wildman–Crippen MR) is 137 cm³/mol. The molecule has 0 aliphatic heterocycles. The maximum atomic E-state index is 15.0. The zero-order chi connectivity index (χ0) is 27.5. The number of rotatable bonds is 9. The number of benzene rings is 3. The minimum absolute atomic E-state index is 0.0204. The Morgan fingerprint density at radius 1 is 1.00 bits per heavy atom. The van der Waals surface area contributed by atoms with E-state index >= 15 is 4.39 Å². The smallest absolute Gasteiger partial charge is 0.341 e. The zero-order valence-electron chi connectivity index (χ0n) is 20.2. The minimum atomic E-state index is -4.18. The van der Waals surface area contributed by atoms with Crippen LogP contribution in [0, 0.1) is 17.6 Å². The van der Waals surface area contributed by atoms with Gasteiger partial charge >= 0.3 is 5.97 Å². The van der Waals surface area contributed by atoms with Crippen molar-refractivity contribution in [3.8, 4) is 5.75 Å². The molecule has 0 unspecified atom stereocenters. The van der Waals surface area contributed by atoms with Gasteiger partial charge in [0.1, 0.15) is 22.1 Å². The van der Waals surface area contributed by atoms with E-state index in [1.807, 2.05) is 0 Å². The molecule has 1 fully saturated rings. The fraction of sp³-hybridized carbons (Fsp3) is 0.286. The Morgan fingerprint density at radius 3 is 2.32 bits per heavy atom. The molecule has 0 saturated heterocycles. The Bertz CT molecular complexity index is 1450. The van der Waals surface area contributed by atoms with Gasteiger partial charge in [-0.3, -0.25) is 4.79 Å². The molecule has 4 rings (SSSR count). The first kappa shape index (κ1) is 27.7. The zero-order valence-corrected chi connectivity index (χ0v) is 21.8. The summed E-state index contributed by atoms with van der Waals surface area (Å²) < 4.78 is 60.7. The summed E-state index contributed by atoms with van der Waals surface area (Å²) in [7, 11) is -4.18. The molecule has 0 bridgehead atoms. The number of hydrogen-bond acceptors (Lipinski definition) is 5. The maximum absolute atomic E-state index is 15.0. The number of halogens is 3. The minimum Gasteiger partial charge on any atom is -0.481 e. The lowest BCUT2D eigenvalue weighted by Crippen LogP contribution is -2.41. The normalized spacial score (nSPS) is 19.6. The topological polar surface area (TPSA) is 97.7 Å². The van der Waals surface area contributed by atoms with Crippen LogP contribution in [0.5, 0.6) is 5.75 Å². The molecule has 6 nitrogen and oxygen atoms in total. The number of carbonyl (C=O) groups excluding carboxylic acids is 1. The number of Topliss-reactive ketones (excluding diaryl/α,β-unsaturated/α-hetero) is 1. The molecule has 3 aromatic rings. The molecule has 10 heteroatoms. The van der Waals surface area contributed by atoms with Crippen LogP contribution in [-0.2, 0) is 19.4 Å². The summed E-state index contributed by atoms with van der Waals surface area (Å²) in [6, 6.07) is 14.7. The molecule has 1 aliphatic carbocycles. The maximum Gasteiger partial charge on any atom is 0.341 e. The number of carbonyl (C=O) groups is 2. The Hall–Kier alpha value is -3.30. The second kappa shape index (κ2) is 11.2. The number of para-hydroxylation sites is 1. The lowest BCUT2D eigenvalue weighted by molar-refractivity contribution is -0.139. The van der Waals surface area contributed by atoms with Crippen LogP contribution in [0.1, 0.15) is 48.0 Å². The Morgan fingerprint density at radius 2 is 1.66 bits per heavy atom. The van der Waals surface area contributed by atoms with Gasteiger partial charge in [-0.2, -0.15) is 0 Å². The van der Waals surface area contributed by atoms with Gasteiger partial charge in [0.15, 0.2) is 22.2 Å². The number of sulfone groups is 1. The molecule has 1 aliphatic rings. The van der Waals surface area contributed by atoms with Crippen LogP contribution in [0.4, 0.5) is 8.78 Å². The molecule has 0 spiro atoms. The summed E-state index contributed by atoms with van der Waals surface area (Å²) >= 11 is 5.94. The molecule has 3 aromatic carbocycles. The van der Waals surface area contributed by atoms with Crippen molar-refractivity contribution < 1.29 is 36.6 Å². The van der Waals surface area contributed by atoms with Crippen LogP contribution in [0.15, 0.2) is 71.6 Å². The average molecular weight is 563 g/mol. The Balaban J connectivity index is 1.61. The summed E-state index contributed by atoms with van der Waals surface area (Å²) in [5.74, 6) is -3.09. The van der Waals surface area contributed by atoms with E-state index in [2.05, 4.69) is 0 Å². The SMILES string of the molecule is O=C(O)COc1ccccc1C(=O)CC1CCC(c2cc(F)ccc2F)(S(=O)(=O)c2ccc(Cl)cc2)CC1. The third kappa shape index (κ3) is 5.59. The number of carboxylic acid groups (broad SMARTS) is 1. The highest BCUT2D eigenvalue weighted by Gasteiger charge is 2.50. The van der Waals surface area contributed by atoms with E-state index in [1.54, 1.807) is 18.2 Å². The highest BCUT2D eigenvalue weighted by Crippen LogP contribution is 2.50. The van der Waals surface area contributed by atoms with E-state index in [-0.39, 0.29) is 65.6 Å². The molecule has 1 saturated carbocycles. The Labute approximate surface area is 224 Å². The van der Waals surface area contributed by atoms with E-state index in [0.717, 1.165) is 18.2 Å². The summed E-state index contributed by atoms with van der Waals surface area (Å²) in [4.78, 5) is 23.9. The van der Waals surface area contributed by atoms with Gasteiger partial charge in [-0.05, 0) is 86.2 Å². The lowest BCUT2D eigenvalue weighted by Gasteiger charge is -2.40. The third-order valence-corrected chi connectivity index (χ3v) is 9.78. The van der Waals surface area contributed by atoms with E-state index in [4.69, 9.17) is 21.4 Å². The summed E-state index contributed by atoms with van der Waals surface area (Å²) in [5, 5.41) is 9.23. The Kier molecular flexibility index (Phi) is 8.18. The molecule has 0 atom stereocenters. The van der Waals surface area contributed by atoms with Crippen LogP contribution in [0.3, 0.4) is 0 Å². The van der Waals surface area contributed by atoms with Crippen LogP contribution < -0.4 is 4.74 Å². The van der Waals surface area contributed by atoms with Crippen LogP contribution >= 0.6 is 11.6 Å². The quantitative estimate of drug-likeness (QED) is 0.311. The number of carboxylic acids is 1. The van der Waals surface area contributed by atoms with E-state index < -0.39 is 38.8 Å². The number of ether oxygens (including phenoxy) is 1. The van der Waals surface area contributed by atoms with Crippen LogP contribution in [0.25, 0.3) is 0 Å². The van der Waals surface area contributed by atoms with Gasteiger partial charge < -0.3 is 9.84 Å². The van der Waals surface area contributed by atoms with Crippen molar-refractivity contribution >= 4 is 33.2 Å². The first-order valence-electron chi connectivity index (χ1n) is 12.0. The fourth-order valence-corrected chi connectivity index (χ4v) is 7.34. The molecular weight excluding hydrogens is 538 g/mol. The highest BCUT2D eigenvalue weighted by molar-refractivity contribution is 7.92. The number of hydrogen-bond donors (Lipinski definition) is 1. The second-order valence-electron chi connectivity index (χ2n) is 9.33. The van der Waals surface area contributed by atoms with Gasteiger partial charge in [0.25, 0.3) is 0 Å². The van der Waals surface area contributed by atoms with Gasteiger partial charge in [-0.25, -0.2) is 22.0 Å². The molecule has 200 valence electrons. The first-order valence-corrected chi connectivity index (χ1v) is 13.8. The predicted octanol–water partition coefficient (Wildman–Crippen LogP) is 6.21. The molecule has 0 aromatic heterocycles. The van der Waals surface area contributed by atoms with Gasteiger partial charge in [-0.1, -0.05) is 23.7 Å². The highest BCUT2D eigenvalue weighted by atomic mass is 35.5. The molecule has 38 heavy (non-hydrogen) atoms. The van der Waals surface area contributed by atoms with Crippen molar-refractivity contribution in [2.45, 2.75) is 41.7 Å². The van der Waals surface area contributed by atoms with Crippen LogP contribution in [-0.4, -0.2) is 31.9 Å². The van der Waals surface area contributed by atoms with Crippen molar-refractivity contribution in [2.24, 2.45) is 5.92 Å². The molecule has 0 heterocycles. The summed E-state index contributed by atoms with van der Waals surface area (Å²) in [6.07, 6.45) is 0.566. The van der Waals surface area contributed by atoms with Crippen molar-refractivity contribution in [1.29, 1.82) is 0 Å². The fourth-order valence-electron chi connectivity index (χ4n) is 5.05. The average Bonchev–Trinajstić information content (AvgIpc) is 2.89. The van der Waals surface area contributed by atoms with E-state index in [1.165, 1.54) is 30.3 Å². The van der Waals surface area contributed by atoms with Gasteiger partial charge in [0, 0.05) is 17.0 Å². The molecule has 0 radical (unpaired) electrons. The first-order chi connectivity index (χ1) is 18.0. The molecule has 1 N–H and O–H groups in total. The number of aliphatic carboxylic acids is 1. The molecular formula is C28H25ClF2O6S. The third-order valence-electron chi connectivity index (χ3n) is 6.98. The monoisotopic (exact) mass is 562 g/mol. The van der Waals surface area contributed by atoms with Crippen LogP contribution in [0.2, 0.25) is 5.02 Å². The van der Waals surface area contributed by atoms with Crippen molar-refractivity contribution in [2.75, 3.05) is 6.61 Å². The van der Waals surface area contributed by atoms with E-state index in [9.17, 15) is 22.4 Å². The van der Waals surface area contributed by atoms with Gasteiger partial charge in [0.2, 0.25) is 0 Å². The summed E-state index contributed by atoms with van der Waals surface area (Å²) in [6.45, 7) is -0.599.